The number of aromatic amines is 1. The normalized spacial score (nSPS) is 19.8. The van der Waals surface area contributed by atoms with Gasteiger partial charge in [-0.3, -0.25) is 5.10 Å². The van der Waals surface area contributed by atoms with Crippen molar-refractivity contribution >= 4 is 11.3 Å². The number of nitrogens with zero attached hydrogens (tertiary/aromatic N) is 2. The Bertz CT molecular complexity index is 1090. The SMILES string of the molecule is C=C(c1ccn[nH]1)c1c(N2CCC3(CC2)Cc2ccccc2[C@H]3N)ccc(O)c1C. The summed E-state index contributed by atoms with van der Waals surface area (Å²) < 4.78 is 0. The topological polar surface area (TPSA) is 78.2 Å². The van der Waals surface area contributed by atoms with Crippen molar-refractivity contribution in [1.82, 2.24) is 10.2 Å². The maximum Gasteiger partial charge on any atom is 0.119 e. The minimum absolute atomic E-state index is 0.108. The Morgan fingerprint density at radius 2 is 1.97 bits per heavy atom. The third kappa shape index (κ3) is 2.84. The lowest BCUT2D eigenvalue weighted by Gasteiger charge is -2.43. The van der Waals surface area contributed by atoms with Gasteiger partial charge in [-0.15, -0.1) is 0 Å². The molecular formula is C25H28N4O. The molecule has 1 spiro atoms. The fraction of sp³-hybridized carbons (Fsp3) is 0.320. The Labute approximate surface area is 177 Å². The first-order chi connectivity index (χ1) is 14.5. The van der Waals surface area contributed by atoms with E-state index in [0.29, 0.717) is 0 Å². The van der Waals surface area contributed by atoms with Crippen LogP contribution in [-0.4, -0.2) is 28.4 Å². The van der Waals surface area contributed by atoms with E-state index in [9.17, 15) is 5.11 Å². The summed E-state index contributed by atoms with van der Waals surface area (Å²) in [5, 5.41) is 17.4. The van der Waals surface area contributed by atoms with Gasteiger partial charge >= 0.3 is 0 Å². The number of piperidine rings is 1. The maximum atomic E-state index is 10.4. The monoisotopic (exact) mass is 400 g/mol. The van der Waals surface area contributed by atoms with Gasteiger partial charge in [0, 0.05) is 47.7 Å². The Balaban J connectivity index is 1.44. The first-order valence-electron chi connectivity index (χ1n) is 10.6. The second kappa shape index (κ2) is 7.03. The molecule has 3 aromatic rings. The molecule has 2 heterocycles. The molecule has 2 aromatic carbocycles. The second-order valence-corrected chi connectivity index (χ2v) is 8.76. The van der Waals surface area contributed by atoms with Gasteiger partial charge in [0.1, 0.15) is 5.75 Å². The molecule has 0 unspecified atom stereocenters. The molecule has 5 nitrogen and oxygen atoms in total. The number of H-pyrrole nitrogens is 1. The van der Waals surface area contributed by atoms with Gasteiger partial charge in [-0.25, -0.2) is 0 Å². The van der Waals surface area contributed by atoms with Crippen molar-refractivity contribution in [2.45, 2.75) is 32.2 Å². The van der Waals surface area contributed by atoms with E-state index in [-0.39, 0.29) is 17.2 Å². The molecule has 1 aliphatic heterocycles. The number of anilines is 1. The third-order valence-electron chi connectivity index (χ3n) is 7.23. The smallest absolute Gasteiger partial charge is 0.119 e. The highest BCUT2D eigenvalue weighted by Gasteiger charge is 2.46. The van der Waals surface area contributed by atoms with E-state index in [1.54, 1.807) is 12.3 Å². The molecule has 0 bridgehead atoms. The quantitative estimate of drug-likeness (QED) is 0.612. The van der Waals surface area contributed by atoms with Gasteiger partial charge in [0.25, 0.3) is 0 Å². The van der Waals surface area contributed by atoms with Crippen LogP contribution in [0.1, 0.15) is 46.8 Å². The highest BCUT2D eigenvalue weighted by molar-refractivity contribution is 5.86. The number of hydrogen-bond acceptors (Lipinski definition) is 4. The summed E-state index contributed by atoms with van der Waals surface area (Å²) in [6, 6.07) is 14.5. The minimum atomic E-state index is 0.108. The standard InChI is InChI=1S/C25H28N4O/c1-16(20-9-12-27-28-20)23-17(2)22(30)8-7-21(23)29-13-10-25(11-14-29)15-18-5-3-4-6-19(18)24(25)26/h3-9,12,24,30H,1,10-11,13-15,26H2,2H3,(H,27,28)/t24-/m1/s1. The number of rotatable bonds is 3. The molecule has 1 atom stereocenters. The highest BCUT2D eigenvalue weighted by Crippen LogP contribution is 2.51. The van der Waals surface area contributed by atoms with Crippen LogP contribution in [0.4, 0.5) is 5.69 Å². The van der Waals surface area contributed by atoms with Crippen LogP contribution in [0.3, 0.4) is 0 Å². The molecule has 154 valence electrons. The van der Waals surface area contributed by atoms with E-state index in [2.05, 4.69) is 45.9 Å². The number of nitrogens with one attached hydrogen (secondary N) is 1. The van der Waals surface area contributed by atoms with Gasteiger partial charge in [-0.1, -0.05) is 30.8 Å². The second-order valence-electron chi connectivity index (χ2n) is 8.76. The zero-order valence-corrected chi connectivity index (χ0v) is 17.4. The molecule has 1 aromatic heterocycles. The van der Waals surface area contributed by atoms with Crippen LogP contribution in [0.5, 0.6) is 5.75 Å². The van der Waals surface area contributed by atoms with Crippen molar-refractivity contribution in [3.63, 3.8) is 0 Å². The average Bonchev–Trinajstić information content (AvgIpc) is 3.38. The Morgan fingerprint density at radius 1 is 1.20 bits per heavy atom. The Hall–Kier alpha value is -3.05. The van der Waals surface area contributed by atoms with Crippen molar-refractivity contribution in [1.29, 1.82) is 0 Å². The number of aromatic hydroxyl groups is 1. The van der Waals surface area contributed by atoms with E-state index in [0.717, 1.165) is 60.4 Å². The van der Waals surface area contributed by atoms with Crippen LogP contribution >= 0.6 is 0 Å². The molecule has 1 fully saturated rings. The van der Waals surface area contributed by atoms with Crippen LogP contribution in [-0.2, 0) is 6.42 Å². The number of fused-ring (bicyclic) bond motifs is 1. The fourth-order valence-electron chi connectivity index (χ4n) is 5.39. The summed E-state index contributed by atoms with van der Waals surface area (Å²) in [5.74, 6) is 0.288. The molecule has 0 saturated carbocycles. The zero-order valence-electron chi connectivity index (χ0n) is 17.4. The van der Waals surface area contributed by atoms with Gasteiger partial charge in [-0.2, -0.15) is 5.10 Å². The summed E-state index contributed by atoms with van der Waals surface area (Å²) in [7, 11) is 0. The van der Waals surface area contributed by atoms with Gasteiger partial charge in [0.05, 0.1) is 5.69 Å². The predicted octanol–water partition coefficient (Wildman–Crippen LogP) is 4.33. The van der Waals surface area contributed by atoms with Crippen LogP contribution in [0.2, 0.25) is 0 Å². The molecule has 0 amide bonds. The molecule has 5 heteroatoms. The van der Waals surface area contributed by atoms with Crippen molar-refractivity contribution in [2.24, 2.45) is 11.1 Å². The van der Waals surface area contributed by atoms with Crippen LogP contribution in [0.15, 0.2) is 55.2 Å². The van der Waals surface area contributed by atoms with Crippen LogP contribution < -0.4 is 10.6 Å². The molecule has 1 saturated heterocycles. The lowest BCUT2D eigenvalue weighted by atomic mass is 9.73. The van der Waals surface area contributed by atoms with Crippen molar-refractivity contribution in [3.8, 4) is 5.75 Å². The first kappa shape index (κ1) is 18.9. The summed E-state index contributed by atoms with van der Waals surface area (Å²) in [5.41, 5.74) is 14.3. The van der Waals surface area contributed by atoms with E-state index in [4.69, 9.17) is 5.73 Å². The molecule has 2 aliphatic rings. The van der Waals surface area contributed by atoms with Gasteiger partial charge in [0.2, 0.25) is 0 Å². The number of phenolic OH excluding ortho intramolecular Hbond substituents is 1. The van der Waals surface area contributed by atoms with Crippen molar-refractivity contribution in [3.05, 3.63) is 83.2 Å². The summed E-state index contributed by atoms with van der Waals surface area (Å²) in [4.78, 5) is 2.42. The molecule has 5 rings (SSSR count). The van der Waals surface area contributed by atoms with E-state index in [1.165, 1.54) is 11.1 Å². The van der Waals surface area contributed by atoms with Crippen LogP contribution in [0.25, 0.3) is 5.57 Å². The average molecular weight is 401 g/mol. The summed E-state index contributed by atoms with van der Waals surface area (Å²) in [6.07, 6.45) is 4.90. The minimum Gasteiger partial charge on any atom is -0.508 e. The number of hydrogen-bond donors (Lipinski definition) is 3. The van der Waals surface area contributed by atoms with E-state index >= 15 is 0 Å². The highest BCUT2D eigenvalue weighted by atomic mass is 16.3. The van der Waals surface area contributed by atoms with E-state index < -0.39 is 0 Å². The lowest BCUT2D eigenvalue weighted by molar-refractivity contribution is 0.187. The van der Waals surface area contributed by atoms with Gasteiger partial charge in [-0.05, 0) is 60.9 Å². The molecule has 1 aliphatic carbocycles. The fourth-order valence-corrected chi connectivity index (χ4v) is 5.39. The van der Waals surface area contributed by atoms with Crippen LogP contribution in [0, 0.1) is 12.3 Å². The van der Waals surface area contributed by atoms with Crippen molar-refractivity contribution in [2.75, 3.05) is 18.0 Å². The summed E-state index contributed by atoms with van der Waals surface area (Å²) >= 11 is 0. The van der Waals surface area contributed by atoms with Crippen molar-refractivity contribution < 1.29 is 5.11 Å². The lowest BCUT2D eigenvalue weighted by Crippen LogP contribution is -2.44. The molecule has 30 heavy (non-hydrogen) atoms. The number of nitrogens with two attached hydrogens (primary N) is 1. The largest absolute Gasteiger partial charge is 0.508 e. The zero-order chi connectivity index (χ0) is 20.9. The Kier molecular flexibility index (Phi) is 4.44. The third-order valence-corrected chi connectivity index (χ3v) is 7.23. The van der Waals surface area contributed by atoms with E-state index in [1.807, 2.05) is 19.1 Å². The predicted molar refractivity (Wildman–Crippen MR) is 121 cm³/mol. The molecule has 4 N–H and O–H groups in total. The van der Waals surface area contributed by atoms with Gasteiger partial charge < -0.3 is 15.7 Å². The van der Waals surface area contributed by atoms with Gasteiger partial charge in [0.15, 0.2) is 0 Å². The molecule has 0 radical (unpaired) electrons. The Morgan fingerprint density at radius 3 is 2.67 bits per heavy atom. The number of benzene rings is 2. The summed E-state index contributed by atoms with van der Waals surface area (Å²) in [6.45, 7) is 8.13. The maximum absolute atomic E-state index is 10.4. The molecular weight excluding hydrogens is 372 g/mol. The number of phenols is 1. The number of aromatic nitrogens is 2. The first-order valence-corrected chi connectivity index (χ1v) is 10.6.